The van der Waals surface area contributed by atoms with Crippen LogP contribution in [0.5, 0.6) is 0 Å². The molecule has 0 aromatic heterocycles. The number of halogens is 1. The number of hydrogen-bond acceptors (Lipinski definition) is 2. The lowest BCUT2D eigenvalue weighted by Gasteiger charge is -2.23. The van der Waals surface area contributed by atoms with Crippen molar-refractivity contribution < 1.29 is 0 Å². The Hall–Kier alpha value is -1.51. The molecular formula is C20H20ClNS. The largest absolute Gasteiger partial charge is 0.281 e. The molecule has 0 amide bonds. The first-order valence-electron chi connectivity index (χ1n) is 7.90. The van der Waals surface area contributed by atoms with E-state index in [-0.39, 0.29) is 5.41 Å². The number of hydrogen-bond donors (Lipinski definition) is 0. The van der Waals surface area contributed by atoms with Gasteiger partial charge in [-0.2, -0.15) is 0 Å². The Morgan fingerprint density at radius 3 is 2.39 bits per heavy atom. The molecule has 0 N–H and O–H groups in total. The van der Waals surface area contributed by atoms with Crippen LogP contribution in [0.3, 0.4) is 0 Å². The third kappa shape index (κ3) is 3.39. The van der Waals surface area contributed by atoms with Gasteiger partial charge in [-0.25, -0.2) is 0 Å². The lowest BCUT2D eigenvalue weighted by molar-refractivity contribution is 0.814. The molecule has 0 fully saturated rings. The summed E-state index contributed by atoms with van der Waals surface area (Å²) >= 11 is 7.85. The number of thioether (sulfide) groups is 1. The molecule has 1 nitrogen and oxygen atoms in total. The summed E-state index contributed by atoms with van der Waals surface area (Å²) in [6.45, 7) is 5.27. The van der Waals surface area contributed by atoms with Crippen LogP contribution >= 0.6 is 23.4 Å². The van der Waals surface area contributed by atoms with E-state index in [1.807, 2.05) is 18.2 Å². The molecule has 0 aliphatic carbocycles. The number of benzene rings is 2. The maximum Gasteiger partial charge on any atom is 0.0865 e. The van der Waals surface area contributed by atoms with Gasteiger partial charge in [0.1, 0.15) is 0 Å². The topological polar surface area (TPSA) is 12.4 Å². The van der Waals surface area contributed by atoms with Gasteiger partial charge in [0.15, 0.2) is 0 Å². The third-order valence-electron chi connectivity index (χ3n) is 4.05. The number of aliphatic imine (C=N–C) groups is 1. The summed E-state index contributed by atoms with van der Waals surface area (Å²) < 4.78 is 0. The second-order valence-corrected chi connectivity index (χ2v) is 7.34. The summed E-state index contributed by atoms with van der Waals surface area (Å²) in [6.07, 6.45) is 3.39. The third-order valence-corrected chi connectivity index (χ3v) is 5.62. The second kappa shape index (κ2) is 6.94. The van der Waals surface area contributed by atoms with E-state index < -0.39 is 0 Å². The van der Waals surface area contributed by atoms with E-state index in [9.17, 15) is 0 Å². The molecule has 2 aromatic carbocycles. The molecule has 0 radical (unpaired) electrons. The molecule has 3 rings (SSSR count). The number of nitrogens with zero attached hydrogens (tertiary/aromatic N) is 1. The van der Waals surface area contributed by atoms with Crippen LogP contribution in [0.2, 0.25) is 5.02 Å². The second-order valence-electron chi connectivity index (χ2n) is 5.87. The normalized spacial score (nSPS) is 22.4. The summed E-state index contributed by atoms with van der Waals surface area (Å²) in [5.41, 5.74) is 2.30. The first-order valence-corrected chi connectivity index (χ1v) is 9.10. The summed E-state index contributed by atoms with van der Waals surface area (Å²) in [7, 11) is 0. The standard InChI is InChI=1S/C20H20ClNS/c1-3-13-22-19-20(2,16-9-11-17(21)12-10-16)14-18(23-19)15-7-5-4-6-8-15/h4-12,14H,3,13H2,1-2H3. The highest BCUT2D eigenvalue weighted by Crippen LogP contribution is 2.47. The molecule has 3 heteroatoms. The van der Waals surface area contributed by atoms with Crippen LogP contribution in [0.4, 0.5) is 0 Å². The van der Waals surface area contributed by atoms with Crippen molar-refractivity contribution in [1.82, 2.24) is 0 Å². The molecule has 0 spiro atoms. The molecule has 1 heterocycles. The zero-order chi connectivity index (χ0) is 16.3. The lowest BCUT2D eigenvalue weighted by atomic mass is 9.83. The van der Waals surface area contributed by atoms with E-state index in [0.717, 1.165) is 18.0 Å². The molecule has 118 valence electrons. The van der Waals surface area contributed by atoms with E-state index in [2.05, 4.69) is 56.3 Å². The van der Waals surface area contributed by atoms with Crippen molar-refractivity contribution in [2.24, 2.45) is 4.99 Å². The van der Waals surface area contributed by atoms with Gasteiger partial charge in [-0.15, -0.1) is 0 Å². The predicted molar refractivity (Wildman–Crippen MR) is 103 cm³/mol. The molecule has 0 saturated heterocycles. The average Bonchev–Trinajstić information content (AvgIpc) is 2.92. The highest BCUT2D eigenvalue weighted by Gasteiger charge is 2.37. The van der Waals surface area contributed by atoms with Crippen LogP contribution < -0.4 is 0 Å². The fraction of sp³-hybridized carbons (Fsp3) is 0.250. The van der Waals surface area contributed by atoms with Gasteiger partial charge in [-0.05, 0) is 36.6 Å². The van der Waals surface area contributed by atoms with Crippen molar-refractivity contribution >= 4 is 33.3 Å². The Morgan fingerprint density at radius 2 is 1.74 bits per heavy atom. The first kappa shape index (κ1) is 16.4. The molecule has 23 heavy (non-hydrogen) atoms. The van der Waals surface area contributed by atoms with Crippen LogP contribution in [0.1, 0.15) is 31.4 Å². The van der Waals surface area contributed by atoms with Crippen molar-refractivity contribution in [2.45, 2.75) is 25.7 Å². The Morgan fingerprint density at radius 1 is 1.04 bits per heavy atom. The van der Waals surface area contributed by atoms with Gasteiger partial charge in [-0.3, -0.25) is 4.99 Å². The van der Waals surface area contributed by atoms with E-state index in [1.165, 1.54) is 21.1 Å². The zero-order valence-corrected chi connectivity index (χ0v) is 15.0. The van der Waals surface area contributed by atoms with Crippen LogP contribution in [0.15, 0.2) is 65.7 Å². The summed E-state index contributed by atoms with van der Waals surface area (Å²) in [6, 6.07) is 18.7. The summed E-state index contributed by atoms with van der Waals surface area (Å²) in [5.74, 6) is 0. The Kier molecular flexibility index (Phi) is 4.93. The van der Waals surface area contributed by atoms with Gasteiger partial charge in [0.25, 0.3) is 0 Å². The van der Waals surface area contributed by atoms with Crippen molar-refractivity contribution in [3.05, 3.63) is 76.8 Å². The minimum Gasteiger partial charge on any atom is -0.281 e. The van der Waals surface area contributed by atoms with Gasteiger partial charge in [0.05, 0.1) is 10.5 Å². The van der Waals surface area contributed by atoms with Gasteiger partial charge in [0.2, 0.25) is 0 Å². The molecule has 0 saturated carbocycles. The van der Waals surface area contributed by atoms with Crippen molar-refractivity contribution in [1.29, 1.82) is 0 Å². The molecule has 1 aliphatic heterocycles. The smallest absolute Gasteiger partial charge is 0.0865 e. The van der Waals surface area contributed by atoms with Crippen molar-refractivity contribution in [2.75, 3.05) is 6.54 Å². The zero-order valence-electron chi connectivity index (χ0n) is 13.4. The maximum absolute atomic E-state index is 6.06. The van der Waals surface area contributed by atoms with Gasteiger partial charge in [0, 0.05) is 16.5 Å². The van der Waals surface area contributed by atoms with Crippen LogP contribution in [0, 0.1) is 0 Å². The fourth-order valence-electron chi connectivity index (χ4n) is 2.72. The Labute approximate surface area is 147 Å². The van der Waals surface area contributed by atoms with Crippen LogP contribution in [-0.4, -0.2) is 11.6 Å². The molecule has 2 aromatic rings. The molecule has 0 bridgehead atoms. The first-order chi connectivity index (χ1) is 11.1. The van der Waals surface area contributed by atoms with Gasteiger partial charge >= 0.3 is 0 Å². The maximum atomic E-state index is 6.06. The van der Waals surface area contributed by atoms with Crippen molar-refractivity contribution in [3.63, 3.8) is 0 Å². The molecule has 1 atom stereocenters. The fourth-order valence-corrected chi connectivity index (χ4v) is 4.15. The minimum atomic E-state index is -0.185. The minimum absolute atomic E-state index is 0.185. The Bertz CT molecular complexity index is 734. The predicted octanol–water partition coefficient (Wildman–Crippen LogP) is 6.19. The quantitative estimate of drug-likeness (QED) is 0.645. The summed E-state index contributed by atoms with van der Waals surface area (Å²) in [4.78, 5) is 6.14. The molecule has 1 aliphatic rings. The van der Waals surface area contributed by atoms with Crippen LogP contribution in [0.25, 0.3) is 4.91 Å². The van der Waals surface area contributed by atoms with E-state index in [0.29, 0.717) is 0 Å². The number of allylic oxidation sites excluding steroid dienone is 1. The molecule has 1 unspecified atom stereocenters. The summed E-state index contributed by atoms with van der Waals surface area (Å²) in [5, 5.41) is 1.93. The van der Waals surface area contributed by atoms with Crippen LogP contribution in [-0.2, 0) is 5.41 Å². The van der Waals surface area contributed by atoms with E-state index in [1.54, 1.807) is 11.8 Å². The monoisotopic (exact) mass is 341 g/mol. The van der Waals surface area contributed by atoms with Gasteiger partial charge in [-0.1, -0.05) is 78.8 Å². The number of rotatable bonds is 4. The van der Waals surface area contributed by atoms with Gasteiger partial charge < -0.3 is 0 Å². The highest BCUT2D eigenvalue weighted by molar-refractivity contribution is 8.22. The highest BCUT2D eigenvalue weighted by atomic mass is 35.5. The van der Waals surface area contributed by atoms with E-state index in [4.69, 9.17) is 16.6 Å². The average molecular weight is 342 g/mol. The lowest BCUT2D eigenvalue weighted by Crippen LogP contribution is -2.25. The Balaban J connectivity index is 2.05. The SMILES string of the molecule is CCCN=C1SC(c2ccccc2)=CC1(C)c1ccc(Cl)cc1. The van der Waals surface area contributed by atoms with Crippen molar-refractivity contribution in [3.8, 4) is 0 Å². The van der Waals surface area contributed by atoms with E-state index >= 15 is 0 Å². The molecular weight excluding hydrogens is 322 g/mol.